The Morgan fingerprint density at radius 1 is 1.43 bits per heavy atom. The van der Waals surface area contributed by atoms with Crippen molar-refractivity contribution in [2.24, 2.45) is 0 Å². The van der Waals surface area contributed by atoms with Crippen LogP contribution in [-0.4, -0.2) is 19.1 Å². The van der Waals surface area contributed by atoms with E-state index >= 15 is 0 Å². The normalized spacial score (nSPS) is 21.7. The molecule has 3 heteroatoms. The van der Waals surface area contributed by atoms with Crippen molar-refractivity contribution in [3.63, 3.8) is 0 Å². The number of benzene rings is 1. The van der Waals surface area contributed by atoms with Gasteiger partial charge in [0.1, 0.15) is 5.82 Å². The third-order valence-electron chi connectivity index (χ3n) is 3.47. The molecule has 0 amide bonds. The van der Waals surface area contributed by atoms with Crippen molar-refractivity contribution in [1.29, 1.82) is 0 Å². The number of nitrogens with one attached hydrogen (secondary N) is 1. The van der Waals surface area contributed by atoms with Crippen molar-refractivity contribution >= 4 is 11.4 Å². The third kappa shape index (κ3) is 0.953. The fourth-order valence-corrected chi connectivity index (χ4v) is 2.22. The number of anilines is 2. The Kier molecular flexibility index (Phi) is 1.39. The summed E-state index contributed by atoms with van der Waals surface area (Å²) in [6.07, 6.45) is 2.43. The number of fused-ring (bicyclic) bond motifs is 1. The van der Waals surface area contributed by atoms with Gasteiger partial charge in [-0.1, -0.05) is 0 Å². The van der Waals surface area contributed by atoms with Gasteiger partial charge in [-0.2, -0.15) is 0 Å². The van der Waals surface area contributed by atoms with Crippen molar-refractivity contribution in [2.75, 3.05) is 23.8 Å². The summed E-state index contributed by atoms with van der Waals surface area (Å²) >= 11 is 0. The van der Waals surface area contributed by atoms with Gasteiger partial charge in [0.05, 0.1) is 16.9 Å². The SMILES string of the molecule is CN1c2cc(F)ccc2NCC12CC2. The molecule has 2 nitrogen and oxygen atoms in total. The van der Waals surface area contributed by atoms with Crippen LogP contribution in [0, 0.1) is 5.82 Å². The molecular formula is C11H13FN2. The number of halogens is 1. The first-order valence-corrected chi connectivity index (χ1v) is 4.99. The van der Waals surface area contributed by atoms with Crippen LogP contribution in [0.25, 0.3) is 0 Å². The van der Waals surface area contributed by atoms with Crippen molar-refractivity contribution in [2.45, 2.75) is 18.4 Å². The second-order valence-corrected chi connectivity index (χ2v) is 4.30. The zero-order chi connectivity index (χ0) is 9.76. The van der Waals surface area contributed by atoms with Gasteiger partial charge in [-0.25, -0.2) is 4.39 Å². The molecule has 0 aromatic heterocycles. The van der Waals surface area contributed by atoms with Crippen molar-refractivity contribution in [3.8, 4) is 0 Å². The van der Waals surface area contributed by atoms with E-state index in [-0.39, 0.29) is 11.4 Å². The monoisotopic (exact) mass is 192 g/mol. The van der Waals surface area contributed by atoms with E-state index in [1.165, 1.54) is 18.9 Å². The van der Waals surface area contributed by atoms with Crippen molar-refractivity contribution < 1.29 is 4.39 Å². The average molecular weight is 192 g/mol. The van der Waals surface area contributed by atoms with Gasteiger partial charge in [0.25, 0.3) is 0 Å². The molecule has 1 fully saturated rings. The lowest BCUT2D eigenvalue weighted by Crippen LogP contribution is -2.43. The Morgan fingerprint density at radius 2 is 2.21 bits per heavy atom. The first-order valence-electron chi connectivity index (χ1n) is 4.99. The van der Waals surface area contributed by atoms with Gasteiger partial charge in [-0.15, -0.1) is 0 Å². The molecule has 0 unspecified atom stereocenters. The molecule has 14 heavy (non-hydrogen) atoms. The predicted octanol–water partition coefficient (Wildman–Crippen LogP) is 2.22. The zero-order valence-corrected chi connectivity index (χ0v) is 8.18. The highest BCUT2D eigenvalue weighted by Crippen LogP contribution is 2.48. The summed E-state index contributed by atoms with van der Waals surface area (Å²) in [6.45, 7) is 0.988. The van der Waals surface area contributed by atoms with Crippen LogP contribution in [-0.2, 0) is 0 Å². The number of nitrogens with zero attached hydrogens (tertiary/aromatic N) is 1. The molecule has 0 atom stereocenters. The number of likely N-dealkylation sites (N-methyl/N-ethyl adjacent to an activating group) is 1. The minimum absolute atomic E-state index is 0.157. The summed E-state index contributed by atoms with van der Waals surface area (Å²) in [6, 6.07) is 4.93. The van der Waals surface area contributed by atoms with E-state index in [1.807, 2.05) is 6.07 Å². The molecule has 1 N–H and O–H groups in total. The standard InChI is InChI=1S/C11H13FN2/c1-14-10-6-8(12)2-3-9(10)13-7-11(14)4-5-11/h2-3,6,13H,4-5,7H2,1H3. The molecule has 1 spiro atoms. The highest BCUT2D eigenvalue weighted by molar-refractivity contribution is 5.74. The third-order valence-corrected chi connectivity index (χ3v) is 3.47. The number of hydrogen-bond acceptors (Lipinski definition) is 2. The van der Waals surface area contributed by atoms with E-state index in [1.54, 1.807) is 6.07 Å². The first-order chi connectivity index (χ1) is 6.71. The van der Waals surface area contributed by atoms with Gasteiger partial charge in [-0.3, -0.25) is 0 Å². The minimum atomic E-state index is -0.157. The van der Waals surface area contributed by atoms with Crippen molar-refractivity contribution in [3.05, 3.63) is 24.0 Å². The van der Waals surface area contributed by atoms with Gasteiger partial charge < -0.3 is 10.2 Å². The number of hydrogen-bond donors (Lipinski definition) is 1. The van der Waals surface area contributed by atoms with Crippen LogP contribution in [0.15, 0.2) is 18.2 Å². The maximum atomic E-state index is 13.1. The second-order valence-electron chi connectivity index (χ2n) is 4.30. The summed E-state index contributed by atoms with van der Waals surface area (Å²) in [7, 11) is 2.06. The smallest absolute Gasteiger partial charge is 0.125 e. The lowest BCUT2D eigenvalue weighted by Gasteiger charge is -2.37. The summed E-state index contributed by atoms with van der Waals surface area (Å²) < 4.78 is 13.1. The molecule has 2 aliphatic rings. The summed E-state index contributed by atoms with van der Waals surface area (Å²) in [5, 5.41) is 3.36. The van der Waals surface area contributed by atoms with Gasteiger partial charge >= 0.3 is 0 Å². The zero-order valence-electron chi connectivity index (χ0n) is 8.18. The van der Waals surface area contributed by atoms with Crippen LogP contribution in [0.4, 0.5) is 15.8 Å². The van der Waals surface area contributed by atoms with Crippen LogP contribution in [0.3, 0.4) is 0 Å². The molecule has 1 aliphatic carbocycles. The molecule has 3 rings (SSSR count). The summed E-state index contributed by atoms with van der Waals surface area (Å²) in [5.41, 5.74) is 2.32. The lowest BCUT2D eigenvalue weighted by molar-refractivity contribution is 0.613. The number of rotatable bonds is 0. The van der Waals surface area contributed by atoms with Crippen LogP contribution in [0.1, 0.15) is 12.8 Å². The average Bonchev–Trinajstić information content (AvgIpc) is 2.94. The molecule has 0 bridgehead atoms. The maximum absolute atomic E-state index is 13.1. The van der Waals surface area contributed by atoms with Crippen LogP contribution < -0.4 is 10.2 Å². The summed E-state index contributed by atoms with van der Waals surface area (Å²) in [5.74, 6) is -0.157. The molecule has 0 saturated heterocycles. The van der Waals surface area contributed by atoms with E-state index in [9.17, 15) is 4.39 Å². The molecular weight excluding hydrogens is 179 g/mol. The molecule has 1 saturated carbocycles. The quantitative estimate of drug-likeness (QED) is 0.678. The lowest BCUT2D eigenvalue weighted by atomic mass is 10.1. The minimum Gasteiger partial charge on any atom is -0.381 e. The highest BCUT2D eigenvalue weighted by atomic mass is 19.1. The maximum Gasteiger partial charge on any atom is 0.125 e. The topological polar surface area (TPSA) is 15.3 Å². The van der Waals surface area contributed by atoms with Gasteiger partial charge in [-0.05, 0) is 31.0 Å². The Morgan fingerprint density at radius 3 is 2.93 bits per heavy atom. The Balaban J connectivity index is 2.09. The van der Waals surface area contributed by atoms with E-state index in [0.29, 0.717) is 0 Å². The highest BCUT2D eigenvalue weighted by Gasteiger charge is 2.48. The molecule has 1 aromatic rings. The van der Waals surface area contributed by atoms with Gasteiger partial charge in [0, 0.05) is 13.6 Å². The Hall–Kier alpha value is -1.25. The predicted molar refractivity (Wildman–Crippen MR) is 55.3 cm³/mol. The van der Waals surface area contributed by atoms with E-state index in [2.05, 4.69) is 17.3 Å². The van der Waals surface area contributed by atoms with Crippen LogP contribution in [0.2, 0.25) is 0 Å². The van der Waals surface area contributed by atoms with E-state index in [0.717, 1.165) is 17.9 Å². The first kappa shape index (κ1) is 8.09. The molecule has 1 heterocycles. The van der Waals surface area contributed by atoms with Crippen LogP contribution >= 0.6 is 0 Å². The van der Waals surface area contributed by atoms with Gasteiger partial charge in [0.15, 0.2) is 0 Å². The molecule has 1 aromatic carbocycles. The molecule has 0 radical (unpaired) electrons. The van der Waals surface area contributed by atoms with Crippen molar-refractivity contribution in [1.82, 2.24) is 0 Å². The molecule has 74 valence electrons. The summed E-state index contributed by atoms with van der Waals surface area (Å²) in [4.78, 5) is 2.22. The van der Waals surface area contributed by atoms with Crippen LogP contribution in [0.5, 0.6) is 0 Å². The molecule has 1 aliphatic heterocycles. The Labute approximate surface area is 82.7 Å². The second kappa shape index (κ2) is 2.41. The fourth-order valence-electron chi connectivity index (χ4n) is 2.22. The van der Waals surface area contributed by atoms with E-state index in [4.69, 9.17) is 0 Å². The van der Waals surface area contributed by atoms with E-state index < -0.39 is 0 Å². The largest absolute Gasteiger partial charge is 0.381 e. The Bertz CT molecular complexity index is 385. The van der Waals surface area contributed by atoms with Gasteiger partial charge in [0.2, 0.25) is 0 Å². The fraction of sp³-hybridized carbons (Fsp3) is 0.455.